The van der Waals surface area contributed by atoms with Gasteiger partial charge >= 0.3 is 0 Å². The first-order valence-corrected chi connectivity index (χ1v) is 8.06. The largest absolute Gasteiger partial charge is 0.351 e. The molecule has 6 nitrogen and oxygen atoms in total. The zero-order chi connectivity index (χ0) is 17.1. The van der Waals surface area contributed by atoms with E-state index in [0.717, 1.165) is 40.5 Å². The standard InChI is InChI=1S/C18H22N6/c1-11-5-6-16(14(4)20-11)17-7-8-19-18(22-17)21-12(2)9-15-10-13(3)23-24-15/h5-8,10,12H,9H2,1-4H3,(H,23,24)(H,19,21,22)/t12-/m1/s1. The van der Waals surface area contributed by atoms with Crippen LogP contribution in [0, 0.1) is 20.8 Å². The Bertz CT molecular complexity index is 839. The summed E-state index contributed by atoms with van der Waals surface area (Å²) in [5.74, 6) is 0.618. The molecule has 3 heterocycles. The van der Waals surface area contributed by atoms with E-state index in [4.69, 9.17) is 0 Å². The van der Waals surface area contributed by atoms with Gasteiger partial charge in [0.25, 0.3) is 0 Å². The van der Waals surface area contributed by atoms with Crippen LogP contribution in [-0.2, 0) is 6.42 Å². The summed E-state index contributed by atoms with van der Waals surface area (Å²) in [4.78, 5) is 13.5. The van der Waals surface area contributed by atoms with Crippen LogP contribution in [0.2, 0.25) is 0 Å². The summed E-state index contributed by atoms with van der Waals surface area (Å²) < 4.78 is 0. The predicted octanol–water partition coefficient (Wildman–Crippen LogP) is 3.23. The number of aromatic nitrogens is 5. The molecule has 0 saturated heterocycles. The van der Waals surface area contributed by atoms with Crippen LogP contribution in [0.4, 0.5) is 5.95 Å². The molecule has 0 aliphatic heterocycles. The third kappa shape index (κ3) is 3.76. The van der Waals surface area contributed by atoms with E-state index in [9.17, 15) is 0 Å². The van der Waals surface area contributed by atoms with E-state index >= 15 is 0 Å². The van der Waals surface area contributed by atoms with Gasteiger partial charge < -0.3 is 5.32 Å². The fourth-order valence-electron chi connectivity index (χ4n) is 2.70. The summed E-state index contributed by atoms with van der Waals surface area (Å²) >= 11 is 0. The second-order valence-electron chi connectivity index (χ2n) is 6.14. The van der Waals surface area contributed by atoms with Gasteiger partial charge in [-0.15, -0.1) is 0 Å². The molecule has 6 heteroatoms. The monoisotopic (exact) mass is 322 g/mol. The molecular formula is C18H22N6. The second-order valence-corrected chi connectivity index (χ2v) is 6.14. The van der Waals surface area contributed by atoms with Crippen molar-refractivity contribution in [3.63, 3.8) is 0 Å². The SMILES string of the molecule is Cc1ccc(-c2ccnc(N[C@H](C)Cc3cc(C)[nH]n3)n2)c(C)n1. The van der Waals surface area contributed by atoms with Gasteiger partial charge in [-0.1, -0.05) is 0 Å². The van der Waals surface area contributed by atoms with E-state index in [-0.39, 0.29) is 6.04 Å². The molecular weight excluding hydrogens is 300 g/mol. The maximum atomic E-state index is 4.63. The van der Waals surface area contributed by atoms with Gasteiger partial charge in [-0.25, -0.2) is 9.97 Å². The van der Waals surface area contributed by atoms with E-state index in [0.29, 0.717) is 5.95 Å². The molecule has 3 aromatic heterocycles. The van der Waals surface area contributed by atoms with Crippen molar-refractivity contribution in [3.05, 3.63) is 53.2 Å². The van der Waals surface area contributed by atoms with Crippen molar-refractivity contribution in [2.24, 2.45) is 0 Å². The van der Waals surface area contributed by atoms with Gasteiger partial charge in [0.05, 0.1) is 11.4 Å². The number of pyridine rings is 1. The molecule has 0 aliphatic rings. The third-order valence-electron chi connectivity index (χ3n) is 3.81. The number of aromatic amines is 1. The van der Waals surface area contributed by atoms with Crippen LogP contribution in [0.5, 0.6) is 0 Å². The van der Waals surface area contributed by atoms with Crippen LogP contribution in [0.1, 0.15) is 29.7 Å². The Morgan fingerprint density at radius 3 is 2.67 bits per heavy atom. The summed E-state index contributed by atoms with van der Waals surface area (Å²) in [7, 11) is 0. The number of nitrogens with zero attached hydrogens (tertiary/aromatic N) is 4. The maximum Gasteiger partial charge on any atom is 0.223 e. The molecule has 0 saturated carbocycles. The van der Waals surface area contributed by atoms with Crippen LogP contribution in [0.3, 0.4) is 0 Å². The quantitative estimate of drug-likeness (QED) is 0.754. The van der Waals surface area contributed by atoms with E-state index in [2.05, 4.69) is 49.5 Å². The molecule has 1 atom stereocenters. The summed E-state index contributed by atoms with van der Waals surface area (Å²) in [5.41, 5.74) is 5.98. The van der Waals surface area contributed by atoms with E-state index in [1.807, 2.05) is 32.9 Å². The van der Waals surface area contributed by atoms with Crippen LogP contribution in [0.15, 0.2) is 30.5 Å². The topological polar surface area (TPSA) is 79.4 Å². The summed E-state index contributed by atoms with van der Waals surface area (Å²) in [6.07, 6.45) is 2.58. The van der Waals surface area contributed by atoms with Gasteiger partial charge in [-0.05, 0) is 52.0 Å². The third-order valence-corrected chi connectivity index (χ3v) is 3.81. The van der Waals surface area contributed by atoms with Crippen molar-refractivity contribution < 1.29 is 0 Å². The molecule has 0 spiro atoms. The first-order chi connectivity index (χ1) is 11.5. The Hall–Kier alpha value is -2.76. The molecule has 0 aromatic carbocycles. The highest BCUT2D eigenvalue weighted by atomic mass is 15.1. The Morgan fingerprint density at radius 2 is 1.96 bits per heavy atom. The lowest BCUT2D eigenvalue weighted by Gasteiger charge is -2.13. The molecule has 0 unspecified atom stereocenters. The number of hydrogen-bond acceptors (Lipinski definition) is 5. The molecule has 0 bridgehead atoms. The van der Waals surface area contributed by atoms with Gasteiger partial charge in [0.15, 0.2) is 0 Å². The average Bonchev–Trinajstić information content (AvgIpc) is 2.92. The Labute approximate surface area is 141 Å². The lowest BCUT2D eigenvalue weighted by Crippen LogP contribution is -2.20. The minimum absolute atomic E-state index is 0.181. The Balaban J connectivity index is 1.75. The fraction of sp³-hybridized carbons (Fsp3) is 0.333. The van der Waals surface area contributed by atoms with Crippen molar-refractivity contribution in [3.8, 4) is 11.3 Å². The lowest BCUT2D eigenvalue weighted by molar-refractivity contribution is 0.754. The van der Waals surface area contributed by atoms with Gasteiger partial charge in [0.1, 0.15) is 0 Å². The molecule has 3 rings (SSSR count). The van der Waals surface area contributed by atoms with Gasteiger partial charge in [-0.2, -0.15) is 5.10 Å². The molecule has 0 aliphatic carbocycles. The summed E-state index contributed by atoms with van der Waals surface area (Å²) in [6, 6.07) is 8.20. The first kappa shape index (κ1) is 16.1. The van der Waals surface area contributed by atoms with Crippen molar-refractivity contribution in [2.45, 2.75) is 40.2 Å². The predicted molar refractivity (Wildman–Crippen MR) is 94.9 cm³/mol. The Morgan fingerprint density at radius 1 is 1.12 bits per heavy atom. The highest BCUT2D eigenvalue weighted by Gasteiger charge is 2.10. The number of anilines is 1. The first-order valence-electron chi connectivity index (χ1n) is 8.06. The molecule has 3 aromatic rings. The van der Waals surface area contributed by atoms with E-state index < -0.39 is 0 Å². The molecule has 0 fully saturated rings. The Kier molecular flexibility index (Phi) is 4.55. The van der Waals surface area contributed by atoms with Crippen LogP contribution >= 0.6 is 0 Å². The molecule has 24 heavy (non-hydrogen) atoms. The van der Waals surface area contributed by atoms with Crippen molar-refractivity contribution >= 4 is 5.95 Å². The zero-order valence-electron chi connectivity index (χ0n) is 14.5. The minimum atomic E-state index is 0.181. The fourth-order valence-corrected chi connectivity index (χ4v) is 2.70. The van der Waals surface area contributed by atoms with Crippen molar-refractivity contribution in [2.75, 3.05) is 5.32 Å². The summed E-state index contributed by atoms with van der Waals surface area (Å²) in [6.45, 7) is 8.08. The van der Waals surface area contributed by atoms with Crippen LogP contribution in [0.25, 0.3) is 11.3 Å². The highest BCUT2D eigenvalue weighted by Crippen LogP contribution is 2.21. The van der Waals surface area contributed by atoms with Crippen LogP contribution < -0.4 is 5.32 Å². The molecule has 0 radical (unpaired) electrons. The molecule has 2 N–H and O–H groups in total. The smallest absolute Gasteiger partial charge is 0.223 e. The number of aryl methyl sites for hydroxylation is 3. The molecule has 0 amide bonds. The number of nitrogens with one attached hydrogen (secondary N) is 2. The van der Waals surface area contributed by atoms with Gasteiger partial charge in [-0.3, -0.25) is 10.1 Å². The van der Waals surface area contributed by atoms with Crippen molar-refractivity contribution in [1.82, 2.24) is 25.1 Å². The van der Waals surface area contributed by atoms with Crippen molar-refractivity contribution in [1.29, 1.82) is 0 Å². The summed E-state index contributed by atoms with van der Waals surface area (Å²) in [5, 5.41) is 10.6. The van der Waals surface area contributed by atoms with E-state index in [1.54, 1.807) is 6.20 Å². The van der Waals surface area contributed by atoms with Gasteiger partial charge in [0.2, 0.25) is 5.95 Å². The average molecular weight is 322 g/mol. The zero-order valence-corrected chi connectivity index (χ0v) is 14.5. The number of H-pyrrole nitrogens is 1. The van der Waals surface area contributed by atoms with Crippen LogP contribution in [-0.4, -0.2) is 31.2 Å². The normalized spacial score (nSPS) is 12.2. The minimum Gasteiger partial charge on any atom is -0.351 e. The second kappa shape index (κ2) is 6.78. The molecule has 124 valence electrons. The number of hydrogen-bond donors (Lipinski definition) is 2. The highest BCUT2D eigenvalue weighted by molar-refractivity contribution is 5.62. The van der Waals surface area contributed by atoms with Gasteiger partial charge in [0, 0.05) is 41.3 Å². The van der Waals surface area contributed by atoms with E-state index in [1.165, 1.54) is 0 Å². The lowest BCUT2D eigenvalue weighted by atomic mass is 10.1. The number of rotatable bonds is 5. The maximum absolute atomic E-state index is 4.63.